The molecule has 0 aliphatic carbocycles. The summed E-state index contributed by atoms with van der Waals surface area (Å²) in [5, 5.41) is 11.5. The van der Waals surface area contributed by atoms with Gasteiger partial charge in [-0.2, -0.15) is 0 Å². The van der Waals surface area contributed by atoms with Gasteiger partial charge in [0, 0.05) is 0 Å². The summed E-state index contributed by atoms with van der Waals surface area (Å²) in [6.45, 7) is 13.4. The average molecular weight is 670 g/mol. The maximum atomic E-state index is 11.0. The van der Waals surface area contributed by atoms with Crippen molar-refractivity contribution in [3.8, 4) is 11.5 Å². The first kappa shape index (κ1) is 32.4. The molecule has 0 unspecified atom stereocenters. The van der Waals surface area contributed by atoms with E-state index in [0.717, 1.165) is 37.9 Å². The van der Waals surface area contributed by atoms with E-state index in [2.05, 4.69) is 109 Å². The van der Waals surface area contributed by atoms with Gasteiger partial charge < -0.3 is 0 Å². The Morgan fingerprint density at radius 3 is 1.36 bits per heavy atom. The van der Waals surface area contributed by atoms with E-state index in [-0.39, 0.29) is 12.0 Å². The van der Waals surface area contributed by atoms with Crippen molar-refractivity contribution < 1.29 is 23.1 Å². The molecule has 0 bridgehead atoms. The van der Waals surface area contributed by atoms with Gasteiger partial charge in [0.2, 0.25) is 0 Å². The van der Waals surface area contributed by atoms with Gasteiger partial charge in [-0.15, -0.1) is 0 Å². The van der Waals surface area contributed by atoms with Crippen molar-refractivity contribution in [3.63, 3.8) is 0 Å². The van der Waals surface area contributed by atoms with Crippen LogP contribution in [-0.2, 0) is 13.3 Å². The van der Waals surface area contributed by atoms with Crippen molar-refractivity contribution in [2.45, 2.75) is 41.5 Å². The number of ether oxygens (including phenoxy) is 1. The van der Waals surface area contributed by atoms with Crippen LogP contribution in [0, 0.1) is 20.8 Å². The van der Waals surface area contributed by atoms with E-state index in [1.54, 1.807) is 6.07 Å². The number of rotatable bonds is 13. The van der Waals surface area contributed by atoms with Crippen molar-refractivity contribution in [1.29, 1.82) is 0 Å². The standard InChI is InChI=1S/C34H42BrO5PSi/c1-7-38-42(39-8-2,40-9-3)25-37-33-23-16-29(36)24-34(33)41(35,30-17-10-26(4)11-18-30,31-19-12-27(5)13-20-31)32-21-14-28(6)15-22-32/h10-24,36H,7-9,25H2,1-6H3. The minimum absolute atomic E-state index is 0.134. The fourth-order valence-electron chi connectivity index (χ4n) is 5.37. The molecule has 4 aromatic rings. The minimum atomic E-state index is -3.71. The summed E-state index contributed by atoms with van der Waals surface area (Å²) >= 11 is 4.55. The summed E-state index contributed by atoms with van der Waals surface area (Å²) in [6.07, 6.45) is 0.134. The molecule has 5 nitrogen and oxygen atoms in total. The number of halogens is 1. The summed E-state index contributed by atoms with van der Waals surface area (Å²) in [5.41, 5.74) is 3.49. The molecular weight excluding hydrogens is 627 g/mol. The number of phenols is 1. The Kier molecular flexibility index (Phi) is 10.4. The Hall–Kier alpha value is -2.51. The number of hydrogen-bond donors (Lipinski definition) is 1. The average Bonchev–Trinajstić information content (AvgIpc) is 2.98. The fourth-order valence-corrected chi connectivity index (χ4v) is 15.3. The van der Waals surface area contributed by atoms with E-state index in [1.165, 1.54) is 0 Å². The van der Waals surface area contributed by atoms with Crippen LogP contribution in [-0.4, -0.2) is 40.0 Å². The van der Waals surface area contributed by atoms with Crippen LogP contribution in [0.3, 0.4) is 0 Å². The van der Waals surface area contributed by atoms with E-state index in [9.17, 15) is 5.11 Å². The Morgan fingerprint density at radius 2 is 1.00 bits per heavy atom. The third kappa shape index (κ3) is 6.10. The molecule has 0 aliphatic rings. The van der Waals surface area contributed by atoms with Crippen molar-refractivity contribution in [2.24, 2.45) is 0 Å². The molecule has 4 rings (SSSR count). The molecular formula is C34H42BrO5PSi. The first-order valence-corrected chi connectivity index (χ1v) is 20.6. The molecule has 0 saturated carbocycles. The second-order valence-corrected chi connectivity index (χ2v) is 21.3. The second-order valence-electron chi connectivity index (χ2n) is 10.4. The van der Waals surface area contributed by atoms with Gasteiger partial charge in [0.15, 0.2) is 0 Å². The van der Waals surface area contributed by atoms with Gasteiger partial charge in [0.1, 0.15) is 0 Å². The van der Waals surface area contributed by atoms with Crippen LogP contribution in [0.4, 0.5) is 0 Å². The molecule has 224 valence electrons. The molecule has 0 spiro atoms. The summed E-state index contributed by atoms with van der Waals surface area (Å²) in [4.78, 5) is 0. The molecule has 4 aromatic carbocycles. The number of phenolic OH excluding ortho intramolecular Hbond substituents is 1. The Bertz CT molecular complexity index is 1350. The molecule has 0 atom stereocenters. The van der Waals surface area contributed by atoms with Crippen LogP contribution in [0.5, 0.6) is 11.5 Å². The molecule has 0 aromatic heterocycles. The van der Waals surface area contributed by atoms with Crippen LogP contribution in [0.1, 0.15) is 37.5 Å². The number of hydrogen-bond acceptors (Lipinski definition) is 5. The number of aryl methyl sites for hydroxylation is 3. The zero-order chi connectivity index (χ0) is 30.4. The van der Waals surface area contributed by atoms with E-state index >= 15 is 0 Å². The summed E-state index contributed by atoms with van der Waals surface area (Å²) in [5.74, 6) is 0.778. The van der Waals surface area contributed by atoms with Gasteiger partial charge in [-0.25, -0.2) is 0 Å². The van der Waals surface area contributed by atoms with E-state index < -0.39 is 14.1 Å². The van der Waals surface area contributed by atoms with Gasteiger partial charge in [-0.1, -0.05) is 0 Å². The van der Waals surface area contributed by atoms with Crippen molar-refractivity contribution in [1.82, 2.24) is 0 Å². The SMILES string of the molecule is CCO[Si](COc1ccc(O)cc1P(Br)(c1ccc(C)cc1)(c1ccc(C)cc1)c1ccc(C)cc1)(OCC)OCC. The van der Waals surface area contributed by atoms with Crippen LogP contribution < -0.4 is 26.0 Å². The molecule has 0 heterocycles. The zero-order valence-corrected chi connectivity index (χ0v) is 28.9. The van der Waals surface area contributed by atoms with Crippen LogP contribution in [0.15, 0.2) is 91.0 Å². The predicted octanol–water partition coefficient (Wildman–Crippen LogP) is 6.75. The monoisotopic (exact) mass is 668 g/mol. The number of benzene rings is 4. The Morgan fingerprint density at radius 1 is 0.619 bits per heavy atom. The van der Waals surface area contributed by atoms with E-state index in [4.69, 9.17) is 18.0 Å². The molecule has 1 N–H and O–H groups in total. The zero-order valence-electron chi connectivity index (χ0n) is 25.4. The van der Waals surface area contributed by atoms with Crippen LogP contribution >= 0.6 is 20.8 Å². The van der Waals surface area contributed by atoms with Gasteiger partial charge in [-0.3, -0.25) is 0 Å². The first-order valence-electron chi connectivity index (χ1n) is 14.4. The first-order chi connectivity index (χ1) is 20.1. The molecule has 0 amide bonds. The molecule has 42 heavy (non-hydrogen) atoms. The normalized spacial score (nSPS) is 13.0. The van der Waals surface area contributed by atoms with Gasteiger partial charge in [0.05, 0.1) is 0 Å². The fraction of sp³-hybridized carbons (Fsp3) is 0.294. The van der Waals surface area contributed by atoms with Crippen molar-refractivity contribution in [2.75, 3.05) is 26.1 Å². The van der Waals surface area contributed by atoms with Crippen molar-refractivity contribution >= 4 is 50.8 Å². The topological polar surface area (TPSA) is 57.2 Å². The summed E-state index contributed by atoms with van der Waals surface area (Å²) in [7, 11) is -3.14. The molecule has 8 heteroatoms. The van der Waals surface area contributed by atoms with Crippen LogP contribution in [0.25, 0.3) is 0 Å². The molecule has 0 aliphatic heterocycles. The second kappa shape index (κ2) is 13.4. The molecule has 0 saturated heterocycles. The quantitative estimate of drug-likeness (QED) is 0.126. The van der Waals surface area contributed by atoms with E-state index in [0.29, 0.717) is 25.6 Å². The van der Waals surface area contributed by atoms with Gasteiger partial charge in [-0.05, 0) is 0 Å². The Balaban J connectivity index is 2.08. The van der Waals surface area contributed by atoms with Crippen molar-refractivity contribution in [3.05, 3.63) is 108 Å². The van der Waals surface area contributed by atoms with Gasteiger partial charge in [0.25, 0.3) is 0 Å². The van der Waals surface area contributed by atoms with Gasteiger partial charge >= 0.3 is 261 Å². The molecule has 0 fully saturated rings. The third-order valence-electron chi connectivity index (χ3n) is 7.45. The summed E-state index contributed by atoms with van der Waals surface area (Å²) in [6, 6.07) is 31.3. The van der Waals surface area contributed by atoms with E-state index in [1.807, 2.05) is 32.9 Å². The molecule has 0 radical (unpaired) electrons. The third-order valence-corrected chi connectivity index (χ3v) is 20.0. The summed E-state index contributed by atoms with van der Waals surface area (Å²) < 4.78 is 25.1. The number of aromatic hydroxyl groups is 1. The maximum absolute atomic E-state index is 11.0. The predicted molar refractivity (Wildman–Crippen MR) is 182 cm³/mol. The van der Waals surface area contributed by atoms with Crippen LogP contribution in [0.2, 0.25) is 0 Å². The Labute approximate surface area is 259 Å².